The number of benzene rings is 2. The van der Waals surface area contributed by atoms with Crippen LogP contribution < -0.4 is 14.9 Å². The fourth-order valence-electron chi connectivity index (χ4n) is 4.49. The van der Waals surface area contributed by atoms with Crippen molar-refractivity contribution in [2.45, 2.75) is 44.7 Å². The smallest absolute Gasteiger partial charge is 0.338 e. The highest BCUT2D eigenvalue weighted by atomic mass is 79.9. The van der Waals surface area contributed by atoms with Crippen molar-refractivity contribution in [3.8, 4) is 11.3 Å². The highest BCUT2D eigenvalue weighted by Crippen LogP contribution is 2.33. The summed E-state index contributed by atoms with van der Waals surface area (Å²) in [6.45, 7) is 7.42. The largest absolute Gasteiger partial charge is 0.459 e. The Hall–Kier alpha value is -3.14. The number of rotatable bonds is 6. The lowest BCUT2D eigenvalue weighted by atomic mass is 9.96. The quantitative estimate of drug-likeness (QED) is 0.188. The van der Waals surface area contributed by atoms with Crippen molar-refractivity contribution in [1.82, 2.24) is 4.57 Å². The molecule has 9 heteroatoms. The number of carbonyl (C=O) groups excluding carboxylic acids is 1. The normalized spacial score (nSPS) is 15.5. The Morgan fingerprint density at radius 1 is 1.15 bits per heavy atom. The molecule has 0 bridgehead atoms. The number of nitrogens with zero attached hydrogens (tertiary/aromatic N) is 2. The van der Waals surface area contributed by atoms with Crippen LogP contribution in [0, 0.1) is 6.92 Å². The number of thioether (sulfide) groups is 1. The topological polar surface area (TPSA) is 73.8 Å². The third kappa shape index (κ3) is 5.48. The van der Waals surface area contributed by atoms with Crippen LogP contribution in [0.1, 0.15) is 43.7 Å². The Morgan fingerprint density at radius 2 is 1.90 bits per heavy atom. The first-order valence-electron chi connectivity index (χ1n) is 12.4. The molecule has 1 atom stereocenters. The van der Waals surface area contributed by atoms with Gasteiger partial charge >= 0.3 is 5.97 Å². The van der Waals surface area contributed by atoms with Crippen molar-refractivity contribution < 1.29 is 13.9 Å². The molecule has 0 saturated heterocycles. The van der Waals surface area contributed by atoms with E-state index in [0.717, 1.165) is 26.1 Å². The minimum Gasteiger partial charge on any atom is -0.459 e. The predicted octanol–water partition coefficient (Wildman–Crippen LogP) is 6.24. The molecule has 4 aromatic rings. The van der Waals surface area contributed by atoms with Gasteiger partial charge in [-0.1, -0.05) is 45.5 Å². The van der Waals surface area contributed by atoms with Crippen LogP contribution in [0.3, 0.4) is 0 Å². The SMILES string of the molecule is CSc1ccc([C@@H]2C(C(=O)OC(C)C)=C(C)N=c3s/c(=C\c4ccc(-c5ccc(C)cc5Br)o4)c(=O)n32)cc1. The van der Waals surface area contributed by atoms with Crippen molar-refractivity contribution in [3.63, 3.8) is 0 Å². The molecule has 3 heterocycles. The van der Waals surface area contributed by atoms with Gasteiger partial charge in [-0.05, 0) is 81.5 Å². The molecule has 2 aromatic heterocycles. The molecule has 5 rings (SSSR count). The van der Waals surface area contributed by atoms with E-state index in [0.29, 0.717) is 32.1 Å². The Balaban J connectivity index is 1.63. The van der Waals surface area contributed by atoms with Crippen molar-refractivity contribution in [3.05, 3.63) is 107 Å². The molecule has 2 aromatic carbocycles. The van der Waals surface area contributed by atoms with Gasteiger partial charge in [0.2, 0.25) is 0 Å². The van der Waals surface area contributed by atoms with Gasteiger partial charge in [0, 0.05) is 21.0 Å². The van der Waals surface area contributed by atoms with Crippen LogP contribution in [0.15, 0.2) is 89.4 Å². The molecule has 0 fully saturated rings. The van der Waals surface area contributed by atoms with Gasteiger partial charge < -0.3 is 9.15 Å². The summed E-state index contributed by atoms with van der Waals surface area (Å²) in [5.74, 6) is 0.778. The van der Waals surface area contributed by atoms with Gasteiger partial charge in [-0.25, -0.2) is 9.79 Å². The maximum Gasteiger partial charge on any atom is 0.338 e. The number of carbonyl (C=O) groups is 1. The van der Waals surface area contributed by atoms with E-state index in [-0.39, 0.29) is 11.7 Å². The van der Waals surface area contributed by atoms with Gasteiger partial charge in [0.1, 0.15) is 11.5 Å². The highest BCUT2D eigenvalue weighted by Gasteiger charge is 2.33. The second-order valence-corrected chi connectivity index (χ2v) is 12.2. The molecule has 1 aliphatic heterocycles. The summed E-state index contributed by atoms with van der Waals surface area (Å²) in [5.41, 5.74) is 3.55. The third-order valence-electron chi connectivity index (χ3n) is 6.31. The molecule has 0 aliphatic carbocycles. The summed E-state index contributed by atoms with van der Waals surface area (Å²) in [7, 11) is 0. The fourth-order valence-corrected chi connectivity index (χ4v) is 6.61. The molecule has 0 spiro atoms. The summed E-state index contributed by atoms with van der Waals surface area (Å²) in [6.07, 6.45) is 3.43. The van der Waals surface area contributed by atoms with Crippen LogP contribution >= 0.6 is 39.0 Å². The minimum atomic E-state index is -0.652. The maximum atomic E-state index is 13.8. The summed E-state index contributed by atoms with van der Waals surface area (Å²) < 4.78 is 14.7. The standard InChI is InChI=1S/C30H27BrN2O4S2/c1-16(2)36-29(35)26-18(4)32-30-33(27(26)19-7-10-21(38-5)11-8-19)28(34)25(39-30)15-20-9-13-24(37-20)22-12-6-17(3)14-23(22)31/h6-16,27H,1-5H3/b25-15-/t27-/m1/s1. The lowest BCUT2D eigenvalue weighted by molar-refractivity contribution is -0.143. The van der Waals surface area contributed by atoms with Crippen molar-refractivity contribution in [1.29, 1.82) is 0 Å². The Morgan fingerprint density at radius 3 is 2.56 bits per heavy atom. The van der Waals surface area contributed by atoms with Crippen LogP contribution in [-0.2, 0) is 9.53 Å². The van der Waals surface area contributed by atoms with Crippen LogP contribution in [0.2, 0.25) is 0 Å². The molecular formula is C30H27BrN2O4S2. The summed E-state index contributed by atoms with van der Waals surface area (Å²) >= 11 is 6.51. The molecule has 0 amide bonds. The molecule has 6 nitrogen and oxygen atoms in total. The first-order valence-corrected chi connectivity index (χ1v) is 15.2. The Kier molecular flexibility index (Phi) is 7.84. The third-order valence-corrected chi connectivity index (χ3v) is 8.69. The predicted molar refractivity (Wildman–Crippen MR) is 160 cm³/mol. The zero-order valence-electron chi connectivity index (χ0n) is 22.2. The maximum absolute atomic E-state index is 13.8. The average Bonchev–Trinajstić information content (AvgIpc) is 3.47. The number of aromatic nitrogens is 1. The van der Waals surface area contributed by atoms with Gasteiger partial charge in [-0.2, -0.15) is 0 Å². The van der Waals surface area contributed by atoms with Gasteiger partial charge in [0.15, 0.2) is 4.80 Å². The van der Waals surface area contributed by atoms with Crippen LogP contribution in [0.25, 0.3) is 17.4 Å². The van der Waals surface area contributed by atoms with E-state index < -0.39 is 12.0 Å². The molecule has 200 valence electrons. The van der Waals surface area contributed by atoms with Gasteiger partial charge in [-0.3, -0.25) is 9.36 Å². The number of fused-ring (bicyclic) bond motifs is 1. The number of ether oxygens (including phenoxy) is 1. The number of thiazole rings is 1. The number of hydrogen-bond donors (Lipinski definition) is 0. The monoisotopic (exact) mass is 622 g/mol. The molecule has 39 heavy (non-hydrogen) atoms. The molecule has 0 radical (unpaired) electrons. The van der Waals surface area contributed by atoms with E-state index in [4.69, 9.17) is 9.15 Å². The van der Waals surface area contributed by atoms with Crippen LogP contribution in [0.5, 0.6) is 0 Å². The molecule has 0 unspecified atom stereocenters. The van der Waals surface area contributed by atoms with Crippen LogP contribution in [-0.4, -0.2) is 22.9 Å². The fraction of sp³-hybridized carbons (Fsp3) is 0.233. The number of furan rings is 1. The first-order chi connectivity index (χ1) is 18.7. The van der Waals surface area contributed by atoms with E-state index >= 15 is 0 Å². The number of hydrogen-bond acceptors (Lipinski definition) is 7. The van der Waals surface area contributed by atoms with Gasteiger partial charge in [0.25, 0.3) is 5.56 Å². The van der Waals surface area contributed by atoms with E-state index in [1.165, 1.54) is 11.3 Å². The lowest BCUT2D eigenvalue weighted by Crippen LogP contribution is -2.40. The van der Waals surface area contributed by atoms with Crippen molar-refractivity contribution >= 4 is 51.1 Å². The summed E-state index contributed by atoms with van der Waals surface area (Å²) in [6, 6.07) is 17.0. The lowest BCUT2D eigenvalue weighted by Gasteiger charge is -2.25. The Bertz CT molecular complexity index is 1780. The van der Waals surface area contributed by atoms with E-state index in [9.17, 15) is 9.59 Å². The summed E-state index contributed by atoms with van der Waals surface area (Å²) in [4.78, 5) is 33.4. The summed E-state index contributed by atoms with van der Waals surface area (Å²) in [5, 5.41) is 0. The van der Waals surface area contributed by atoms with E-state index in [1.807, 2.05) is 67.8 Å². The second-order valence-electron chi connectivity index (χ2n) is 9.49. The molecule has 0 N–H and O–H groups in total. The van der Waals surface area contributed by atoms with Gasteiger partial charge in [-0.15, -0.1) is 11.8 Å². The highest BCUT2D eigenvalue weighted by molar-refractivity contribution is 9.10. The zero-order valence-corrected chi connectivity index (χ0v) is 25.4. The van der Waals surface area contributed by atoms with Crippen molar-refractivity contribution in [2.75, 3.05) is 6.26 Å². The first kappa shape index (κ1) is 27.4. The number of allylic oxidation sites excluding steroid dienone is 1. The molecule has 1 aliphatic rings. The molecule has 0 saturated carbocycles. The van der Waals surface area contributed by atoms with E-state index in [2.05, 4.69) is 20.9 Å². The molecular weight excluding hydrogens is 596 g/mol. The average molecular weight is 624 g/mol. The van der Waals surface area contributed by atoms with Gasteiger partial charge in [0.05, 0.1) is 27.9 Å². The Labute approximate surface area is 242 Å². The van der Waals surface area contributed by atoms with Crippen molar-refractivity contribution in [2.24, 2.45) is 4.99 Å². The second kappa shape index (κ2) is 11.2. The number of aryl methyl sites for hydroxylation is 1. The minimum absolute atomic E-state index is 0.241. The van der Waals surface area contributed by atoms with E-state index in [1.54, 1.807) is 43.2 Å². The number of esters is 1. The number of halogens is 1. The zero-order chi connectivity index (χ0) is 27.8. The van der Waals surface area contributed by atoms with Crippen LogP contribution in [0.4, 0.5) is 0 Å².